The number of anilines is 2. The summed E-state index contributed by atoms with van der Waals surface area (Å²) in [7, 11) is 0. The molecule has 2 heteroatoms. The van der Waals surface area contributed by atoms with Crippen LogP contribution in [0.1, 0.15) is 25.0 Å². The summed E-state index contributed by atoms with van der Waals surface area (Å²) in [5.74, 6) is 1.69. The van der Waals surface area contributed by atoms with Gasteiger partial charge in [-0.2, -0.15) is 0 Å². The number of rotatable bonds is 5. The van der Waals surface area contributed by atoms with Gasteiger partial charge in [-0.25, -0.2) is 0 Å². The van der Waals surface area contributed by atoms with Crippen molar-refractivity contribution in [2.24, 2.45) is 0 Å². The minimum absolute atomic E-state index is 0.838. The highest BCUT2D eigenvalue weighted by Gasteiger charge is 2.02. The number of ether oxygens (including phenoxy) is 1. The van der Waals surface area contributed by atoms with Crippen LogP contribution in [0.15, 0.2) is 97.1 Å². The van der Waals surface area contributed by atoms with Crippen molar-refractivity contribution in [2.45, 2.75) is 27.7 Å². The number of nitrogens with one attached hydrogen (secondary N) is 1. The molecule has 152 valence electrons. The highest BCUT2D eigenvalue weighted by atomic mass is 16.5. The van der Waals surface area contributed by atoms with E-state index in [9.17, 15) is 0 Å². The fourth-order valence-corrected chi connectivity index (χ4v) is 3.01. The Hall–Kier alpha value is -3.52. The van der Waals surface area contributed by atoms with Gasteiger partial charge in [0.25, 0.3) is 0 Å². The number of aryl methyl sites for hydroxylation is 2. The van der Waals surface area contributed by atoms with Crippen LogP contribution in [0.2, 0.25) is 0 Å². The average Bonchev–Trinajstić information content (AvgIpc) is 2.79. The van der Waals surface area contributed by atoms with Crippen molar-refractivity contribution in [3.05, 3.63) is 108 Å². The molecule has 30 heavy (non-hydrogen) atoms. The van der Waals surface area contributed by atoms with Gasteiger partial charge in [0.2, 0.25) is 0 Å². The molecular formula is C28H29NO. The second-order valence-electron chi connectivity index (χ2n) is 7.01. The Labute approximate surface area is 180 Å². The SMILES string of the molecule is CC.Cc1ccc(Nc2ccc(-c3ccc(Oc4ccc(C)cc4)cc3)cc2)cc1. The van der Waals surface area contributed by atoms with Gasteiger partial charge < -0.3 is 10.1 Å². The molecule has 4 aromatic rings. The van der Waals surface area contributed by atoms with Crippen molar-refractivity contribution in [3.63, 3.8) is 0 Å². The summed E-state index contributed by atoms with van der Waals surface area (Å²) < 4.78 is 5.91. The molecule has 0 spiro atoms. The molecule has 0 saturated heterocycles. The Morgan fingerprint density at radius 2 is 0.800 bits per heavy atom. The van der Waals surface area contributed by atoms with Crippen molar-refractivity contribution in [2.75, 3.05) is 5.32 Å². The fraction of sp³-hybridized carbons (Fsp3) is 0.143. The molecule has 0 aliphatic rings. The predicted octanol–water partition coefficient (Wildman–Crippen LogP) is 8.53. The minimum atomic E-state index is 0.838. The monoisotopic (exact) mass is 395 g/mol. The number of hydrogen-bond acceptors (Lipinski definition) is 2. The summed E-state index contributed by atoms with van der Waals surface area (Å²) in [6.07, 6.45) is 0. The molecule has 0 saturated carbocycles. The average molecular weight is 396 g/mol. The third-order valence-electron chi connectivity index (χ3n) is 4.67. The lowest BCUT2D eigenvalue weighted by atomic mass is 10.1. The van der Waals surface area contributed by atoms with Gasteiger partial charge in [-0.1, -0.05) is 73.5 Å². The molecule has 0 amide bonds. The molecule has 0 aliphatic heterocycles. The van der Waals surface area contributed by atoms with Crippen molar-refractivity contribution < 1.29 is 4.74 Å². The Morgan fingerprint density at radius 1 is 0.467 bits per heavy atom. The zero-order chi connectivity index (χ0) is 21.3. The van der Waals surface area contributed by atoms with Crippen molar-refractivity contribution >= 4 is 11.4 Å². The van der Waals surface area contributed by atoms with Crippen molar-refractivity contribution in [1.29, 1.82) is 0 Å². The van der Waals surface area contributed by atoms with E-state index >= 15 is 0 Å². The molecular weight excluding hydrogens is 366 g/mol. The molecule has 0 atom stereocenters. The van der Waals surface area contributed by atoms with Crippen LogP contribution in [-0.2, 0) is 0 Å². The molecule has 0 unspecified atom stereocenters. The highest BCUT2D eigenvalue weighted by molar-refractivity contribution is 5.69. The van der Waals surface area contributed by atoms with Crippen LogP contribution in [0.4, 0.5) is 11.4 Å². The van der Waals surface area contributed by atoms with Crippen LogP contribution in [0.3, 0.4) is 0 Å². The third-order valence-corrected chi connectivity index (χ3v) is 4.67. The summed E-state index contributed by atoms with van der Waals surface area (Å²) >= 11 is 0. The predicted molar refractivity (Wildman–Crippen MR) is 129 cm³/mol. The maximum absolute atomic E-state index is 5.91. The summed E-state index contributed by atoms with van der Waals surface area (Å²) in [4.78, 5) is 0. The van der Waals surface area contributed by atoms with Crippen molar-refractivity contribution in [3.8, 4) is 22.6 Å². The third kappa shape index (κ3) is 5.74. The van der Waals surface area contributed by atoms with Gasteiger partial charge in [-0.3, -0.25) is 0 Å². The minimum Gasteiger partial charge on any atom is -0.457 e. The Balaban J connectivity index is 0.00000124. The summed E-state index contributed by atoms with van der Waals surface area (Å²) in [5.41, 5.74) is 7.00. The van der Waals surface area contributed by atoms with Crippen molar-refractivity contribution in [1.82, 2.24) is 0 Å². The van der Waals surface area contributed by atoms with E-state index in [0.29, 0.717) is 0 Å². The molecule has 0 radical (unpaired) electrons. The largest absolute Gasteiger partial charge is 0.457 e. The van der Waals surface area contributed by atoms with Crippen LogP contribution >= 0.6 is 0 Å². The van der Waals surface area contributed by atoms with Crippen LogP contribution in [0, 0.1) is 13.8 Å². The Bertz CT molecular complexity index is 943. The number of hydrogen-bond donors (Lipinski definition) is 1. The zero-order valence-corrected chi connectivity index (χ0v) is 18.1. The molecule has 4 rings (SSSR count). The smallest absolute Gasteiger partial charge is 0.127 e. The fourth-order valence-electron chi connectivity index (χ4n) is 3.01. The lowest BCUT2D eigenvalue weighted by Crippen LogP contribution is -1.90. The first kappa shape index (κ1) is 21.2. The molecule has 2 nitrogen and oxygen atoms in total. The molecule has 0 aliphatic carbocycles. The van der Waals surface area contributed by atoms with Crippen LogP contribution < -0.4 is 10.1 Å². The van der Waals surface area contributed by atoms with Crippen LogP contribution in [-0.4, -0.2) is 0 Å². The van der Waals surface area contributed by atoms with Gasteiger partial charge in [0.05, 0.1) is 0 Å². The standard InChI is InChI=1S/C26H23NO.C2H6/c1-19-3-11-23(12-4-19)27-24-13-7-21(8-14-24)22-9-17-26(18-10-22)28-25-15-5-20(2)6-16-25;1-2/h3-18,27H,1-2H3;1-2H3. The first-order chi connectivity index (χ1) is 14.7. The quantitative estimate of drug-likeness (QED) is 0.365. The van der Waals surface area contributed by atoms with E-state index in [1.54, 1.807) is 0 Å². The van der Waals surface area contributed by atoms with Gasteiger partial charge in [-0.15, -0.1) is 0 Å². The second kappa shape index (κ2) is 10.3. The lowest BCUT2D eigenvalue weighted by molar-refractivity contribution is 0.482. The molecule has 0 fully saturated rings. The van der Waals surface area contributed by atoms with Crippen LogP contribution in [0.5, 0.6) is 11.5 Å². The van der Waals surface area contributed by atoms with Gasteiger partial charge in [-0.05, 0) is 73.5 Å². The molecule has 0 bridgehead atoms. The van der Waals surface area contributed by atoms with E-state index in [4.69, 9.17) is 4.74 Å². The molecule has 0 aromatic heterocycles. The molecule has 4 aromatic carbocycles. The lowest BCUT2D eigenvalue weighted by Gasteiger charge is -2.09. The van der Waals surface area contributed by atoms with Gasteiger partial charge in [0, 0.05) is 11.4 Å². The van der Waals surface area contributed by atoms with E-state index in [-0.39, 0.29) is 0 Å². The van der Waals surface area contributed by atoms with E-state index in [2.05, 4.69) is 92.0 Å². The Morgan fingerprint density at radius 3 is 1.27 bits per heavy atom. The first-order valence-electron chi connectivity index (χ1n) is 10.4. The van der Waals surface area contributed by atoms with E-state index < -0.39 is 0 Å². The molecule has 1 N–H and O–H groups in total. The van der Waals surface area contributed by atoms with E-state index in [1.807, 2.05) is 38.1 Å². The molecule has 0 heterocycles. The highest BCUT2D eigenvalue weighted by Crippen LogP contribution is 2.27. The summed E-state index contributed by atoms with van der Waals surface area (Å²) in [5, 5.41) is 3.43. The first-order valence-corrected chi connectivity index (χ1v) is 10.4. The maximum atomic E-state index is 5.91. The van der Waals surface area contributed by atoms with E-state index in [0.717, 1.165) is 28.4 Å². The van der Waals surface area contributed by atoms with Gasteiger partial charge >= 0.3 is 0 Å². The topological polar surface area (TPSA) is 21.3 Å². The maximum Gasteiger partial charge on any atom is 0.127 e. The zero-order valence-electron chi connectivity index (χ0n) is 18.1. The van der Waals surface area contributed by atoms with Gasteiger partial charge in [0.1, 0.15) is 11.5 Å². The Kier molecular flexibility index (Phi) is 7.29. The normalized spacial score (nSPS) is 10.0. The number of benzene rings is 4. The van der Waals surface area contributed by atoms with Gasteiger partial charge in [0.15, 0.2) is 0 Å². The van der Waals surface area contributed by atoms with Crippen LogP contribution in [0.25, 0.3) is 11.1 Å². The second-order valence-corrected chi connectivity index (χ2v) is 7.01. The summed E-state index contributed by atoms with van der Waals surface area (Å²) in [6, 6.07) is 33.1. The summed E-state index contributed by atoms with van der Waals surface area (Å²) in [6.45, 7) is 8.16. The van der Waals surface area contributed by atoms with E-state index in [1.165, 1.54) is 16.7 Å².